The molecule has 1 aliphatic carbocycles. The Morgan fingerprint density at radius 2 is 1.77 bits per heavy atom. The minimum Gasteiger partial charge on any atom is -0.382 e. The lowest BCUT2D eigenvalue weighted by Crippen LogP contribution is -2.49. The van der Waals surface area contributed by atoms with Crippen LogP contribution in [-0.4, -0.2) is 88.5 Å². The Morgan fingerprint density at radius 1 is 1.05 bits per heavy atom. The van der Waals surface area contributed by atoms with E-state index in [2.05, 4.69) is 74.2 Å². The summed E-state index contributed by atoms with van der Waals surface area (Å²) in [6, 6.07) is 5.54. The third-order valence-electron chi connectivity index (χ3n) is 8.87. The summed E-state index contributed by atoms with van der Waals surface area (Å²) in [5, 5.41) is 6.33. The van der Waals surface area contributed by atoms with Gasteiger partial charge in [0.15, 0.2) is 11.6 Å². The summed E-state index contributed by atoms with van der Waals surface area (Å²) >= 11 is 0. The van der Waals surface area contributed by atoms with Crippen molar-refractivity contribution in [2.75, 3.05) is 68.8 Å². The minimum absolute atomic E-state index is 0.00289. The number of hydrogen-bond donors (Lipinski definition) is 3. The molecule has 11 nitrogen and oxygen atoms in total. The van der Waals surface area contributed by atoms with Gasteiger partial charge in [0.1, 0.15) is 22.9 Å². The lowest BCUT2D eigenvalue weighted by molar-refractivity contribution is 0.0966. The predicted octanol–water partition coefficient (Wildman–Crippen LogP) is 3.92. The molecule has 3 aliphatic rings. The number of carbonyl (C=O) groups is 1. The van der Waals surface area contributed by atoms with Gasteiger partial charge in [-0.15, -0.1) is 0 Å². The molecular formula is C33H43N10O+. The fourth-order valence-electron chi connectivity index (χ4n) is 5.91. The number of nitrogens with zero attached hydrogens (tertiary/aromatic N) is 7. The van der Waals surface area contributed by atoms with Crippen LogP contribution in [0.3, 0.4) is 0 Å². The molecule has 0 radical (unpaired) electrons. The van der Waals surface area contributed by atoms with Crippen molar-refractivity contribution < 1.29 is 4.79 Å². The maximum atomic E-state index is 13.0. The van der Waals surface area contributed by atoms with Crippen LogP contribution in [0.25, 0.3) is 11.0 Å². The van der Waals surface area contributed by atoms with Gasteiger partial charge in [0.2, 0.25) is 11.6 Å². The first-order valence-electron chi connectivity index (χ1n) is 15.5. The molecule has 4 heterocycles. The van der Waals surface area contributed by atoms with E-state index in [1.807, 2.05) is 31.2 Å². The molecule has 0 bridgehead atoms. The second-order valence-corrected chi connectivity index (χ2v) is 13.3. The number of aromatic nitrogens is 4. The zero-order valence-corrected chi connectivity index (χ0v) is 26.4. The molecular weight excluding hydrogens is 552 g/mol. The van der Waals surface area contributed by atoms with Crippen molar-refractivity contribution in [2.24, 2.45) is 11.3 Å². The minimum atomic E-state index is -0.198. The van der Waals surface area contributed by atoms with E-state index < -0.39 is 0 Å². The molecule has 3 aromatic rings. The van der Waals surface area contributed by atoms with Gasteiger partial charge < -0.3 is 20.9 Å². The summed E-state index contributed by atoms with van der Waals surface area (Å²) < 4.78 is 0. The number of carbonyl (C=O) groups excluding carboxylic acids is 1. The van der Waals surface area contributed by atoms with Crippen molar-refractivity contribution in [1.82, 2.24) is 35.1 Å². The van der Waals surface area contributed by atoms with Gasteiger partial charge in [-0.05, 0) is 63.5 Å². The first-order chi connectivity index (χ1) is 21.0. The van der Waals surface area contributed by atoms with E-state index in [0.717, 1.165) is 55.5 Å². The fraction of sp³-hybridized carbons (Fsp3) is 0.485. The van der Waals surface area contributed by atoms with E-state index in [1.165, 1.54) is 32.3 Å². The number of hydrogen-bond acceptors (Lipinski definition) is 10. The average molecular weight is 596 g/mol. The highest BCUT2D eigenvalue weighted by molar-refractivity contribution is 5.98. The van der Waals surface area contributed by atoms with E-state index in [-0.39, 0.29) is 11.3 Å². The summed E-state index contributed by atoms with van der Waals surface area (Å²) in [5.41, 5.74) is 11.5. The number of benzene rings is 1. The SMILES string of the molecule is Cc1ccc(C(=O)NC2=CC(C(C)(C)C)=[C+]2)cc1Nc1ncnc2c(N)nc(N3CCN(CC4CCN(C)CC4)CC3)nc12. The summed E-state index contributed by atoms with van der Waals surface area (Å²) in [6.07, 6.45) is 9.21. The van der Waals surface area contributed by atoms with Crippen LogP contribution in [-0.2, 0) is 0 Å². The number of nitrogens with one attached hydrogen (secondary N) is 2. The molecule has 2 fully saturated rings. The molecule has 0 spiro atoms. The third kappa shape index (κ3) is 6.50. The molecule has 44 heavy (non-hydrogen) atoms. The number of likely N-dealkylation sites (tertiary alicyclic amines) is 1. The summed E-state index contributed by atoms with van der Waals surface area (Å²) in [6.45, 7) is 15.5. The zero-order chi connectivity index (χ0) is 31.0. The molecule has 11 heteroatoms. The van der Waals surface area contributed by atoms with Crippen molar-refractivity contribution in [1.29, 1.82) is 0 Å². The number of fused-ring (bicyclic) bond motifs is 1. The van der Waals surface area contributed by atoms with E-state index in [0.29, 0.717) is 39.9 Å². The van der Waals surface area contributed by atoms with Crippen LogP contribution >= 0.6 is 0 Å². The molecule has 0 saturated carbocycles. The third-order valence-corrected chi connectivity index (χ3v) is 8.87. The van der Waals surface area contributed by atoms with Crippen molar-refractivity contribution >= 4 is 40.2 Å². The normalized spacial score (nSPS) is 18.3. The Balaban J connectivity index is 1.16. The molecule has 2 aliphatic heterocycles. The van der Waals surface area contributed by atoms with Crippen molar-refractivity contribution in [2.45, 2.75) is 40.5 Å². The first kappa shape index (κ1) is 29.9. The summed E-state index contributed by atoms with van der Waals surface area (Å²) in [4.78, 5) is 38.6. The topological polar surface area (TPSA) is 128 Å². The maximum Gasteiger partial charge on any atom is 0.258 e. The van der Waals surface area contributed by atoms with E-state index >= 15 is 0 Å². The highest BCUT2D eigenvalue weighted by Crippen LogP contribution is 2.33. The van der Waals surface area contributed by atoms with Crippen molar-refractivity contribution in [3.63, 3.8) is 0 Å². The van der Waals surface area contributed by atoms with Crippen LogP contribution in [0.15, 0.2) is 41.9 Å². The number of piperidine rings is 1. The highest BCUT2D eigenvalue weighted by atomic mass is 16.1. The Bertz CT molecular complexity index is 1610. The van der Waals surface area contributed by atoms with E-state index in [9.17, 15) is 4.79 Å². The van der Waals surface area contributed by atoms with Gasteiger partial charge in [0.25, 0.3) is 5.91 Å². The highest BCUT2D eigenvalue weighted by Gasteiger charge is 2.31. The predicted molar refractivity (Wildman–Crippen MR) is 175 cm³/mol. The van der Waals surface area contributed by atoms with Gasteiger partial charge in [0, 0.05) is 49.4 Å². The number of piperazine rings is 1. The number of nitrogens with two attached hydrogens (primary N) is 1. The number of anilines is 4. The molecule has 1 amide bonds. The Kier molecular flexibility index (Phi) is 8.20. The molecule has 2 saturated heterocycles. The second-order valence-electron chi connectivity index (χ2n) is 13.3. The van der Waals surface area contributed by atoms with Crippen LogP contribution in [0.5, 0.6) is 0 Å². The van der Waals surface area contributed by atoms with Crippen LogP contribution in [0, 0.1) is 24.3 Å². The van der Waals surface area contributed by atoms with Crippen LogP contribution < -0.4 is 21.3 Å². The number of aryl methyl sites for hydroxylation is 1. The lowest BCUT2D eigenvalue weighted by atomic mass is 9.81. The Morgan fingerprint density at radius 3 is 2.48 bits per heavy atom. The number of allylic oxidation sites excluding steroid dienone is 3. The second kappa shape index (κ2) is 12.1. The molecule has 6 rings (SSSR count). The smallest absolute Gasteiger partial charge is 0.258 e. The Labute approximate surface area is 259 Å². The first-order valence-corrected chi connectivity index (χ1v) is 15.5. The van der Waals surface area contributed by atoms with Gasteiger partial charge in [0.05, 0.1) is 12.2 Å². The van der Waals surface area contributed by atoms with Gasteiger partial charge in [-0.25, -0.2) is 15.0 Å². The molecule has 0 unspecified atom stereocenters. The Hall–Kier alpha value is -4.18. The molecule has 4 N–H and O–H groups in total. The largest absolute Gasteiger partial charge is 0.382 e. The molecule has 1 aromatic carbocycles. The number of amides is 1. The van der Waals surface area contributed by atoms with Crippen LogP contribution in [0.2, 0.25) is 0 Å². The standard InChI is InChI=1S/C33H42N10O/c1-21-6-7-23(31(44)37-25-17-24(18-25)33(2,3)4)16-26(21)38-30-28-27(35-20-36-30)29(34)40-32(39-28)43-14-12-42(13-15-43)19-22-8-10-41(5)11-9-22/h6-7,16-17,20,22H,8-15,19H2,1-5H3,(H3-,34,35,36,37,38,39,40,44)/p+1. The van der Waals surface area contributed by atoms with E-state index in [4.69, 9.17) is 10.7 Å². The lowest BCUT2D eigenvalue weighted by Gasteiger charge is -2.38. The summed E-state index contributed by atoms with van der Waals surface area (Å²) in [5.74, 6) is 2.00. The van der Waals surface area contributed by atoms with Crippen LogP contribution in [0.1, 0.15) is 49.5 Å². The van der Waals surface area contributed by atoms with Crippen molar-refractivity contribution in [3.05, 3.63) is 59.1 Å². The zero-order valence-electron chi connectivity index (χ0n) is 26.4. The van der Waals surface area contributed by atoms with Crippen LogP contribution in [0.4, 0.5) is 23.3 Å². The fourth-order valence-corrected chi connectivity index (χ4v) is 5.91. The number of rotatable bonds is 7. The molecule has 230 valence electrons. The van der Waals surface area contributed by atoms with Gasteiger partial charge in [-0.2, -0.15) is 4.98 Å². The van der Waals surface area contributed by atoms with Crippen molar-refractivity contribution in [3.8, 4) is 0 Å². The average Bonchev–Trinajstić information content (AvgIpc) is 2.97. The van der Waals surface area contributed by atoms with Gasteiger partial charge >= 0.3 is 0 Å². The van der Waals surface area contributed by atoms with Gasteiger partial charge in [-0.1, -0.05) is 26.8 Å². The molecule has 2 aromatic heterocycles. The summed E-state index contributed by atoms with van der Waals surface area (Å²) in [7, 11) is 2.21. The number of nitrogen functional groups attached to an aromatic ring is 1. The molecule has 0 atom stereocenters. The van der Waals surface area contributed by atoms with Gasteiger partial charge in [-0.3, -0.25) is 15.0 Å². The monoisotopic (exact) mass is 595 g/mol. The van der Waals surface area contributed by atoms with E-state index in [1.54, 1.807) is 0 Å². The maximum absolute atomic E-state index is 13.0. The quantitative estimate of drug-likeness (QED) is 0.346.